The maximum absolute atomic E-state index is 14.0. The second-order valence-electron chi connectivity index (χ2n) is 7.76. The largest absolute Gasteiger partial charge is 0.587 e. The summed E-state index contributed by atoms with van der Waals surface area (Å²) in [5.74, 6) is 0.447. The zero-order chi connectivity index (χ0) is 21.5. The minimum Gasteiger partial charge on any atom is -0.587 e. The molecular weight excluding hydrogens is 413 g/mol. The summed E-state index contributed by atoms with van der Waals surface area (Å²) < 4.78 is 35.4. The van der Waals surface area contributed by atoms with Crippen LogP contribution in [0.4, 0.5) is 10.1 Å². The standard InChI is InChI=1S/C24H24FN3O2S/c1-16-15-28(21-13-17(25)7-8-18(16)21)31(29)23-14-22(27-11-9-26-10-12-27)24(30-2)20-6-4-3-5-19(20)23/h3-8,13-15,26H,9-12H2,1-2H3. The van der Waals surface area contributed by atoms with Crippen molar-refractivity contribution in [3.8, 4) is 5.75 Å². The van der Waals surface area contributed by atoms with Gasteiger partial charge in [-0.05, 0) is 30.7 Å². The number of aromatic nitrogens is 1. The number of nitrogens with one attached hydrogen (secondary N) is 1. The zero-order valence-corrected chi connectivity index (χ0v) is 18.3. The summed E-state index contributed by atoms with van der Waals surface area (Å²) in [4.78, 5) is 2.95. The van der Waals surface area contributed by atoms with E-state index in [0.717, 1.165) is 59.3 Å². The molecule has 0 radical (unpaired) electrons. The number of halogens is 1. The van der Waals surface area contributed by atoms with Crippen LogP contribution in [0.25, 0.3) is 21.7 Å². The predicted molar refractivity (Wildman–Crippen MR) is 124 cm³/mol. The average Bonchev–Trinajstić information content (AvgIpc) is 3.13. The lowest BCUT2D eigenvalue weighted by Gasteiger charge is -2.31. The van der Waals surface area contributed by atoms with Gasteiger partial charge in [-0.3, -0.25) is 0 Å². The summed E-state index contributed by atoms with van der Waals surface area (Å²) in [5, 5.41) is 6.05. The van der Waals surface area contributed by atoms with E-state index in [2.05, 4.69) is 10.2 Å². The summed E-state index contributed by atoms with van der Waals surface area (Å²) in [6.45, 7) is 5.41. The van der Waals surface area contributed by atoms with Gasteiger partial charge in [0.2, 0.25) is 0 Å². The molecule has 3 aromatic carbocycles. The number of hydrogen-bond acceptors (Lipinski definition) is 4. The number of piperazine rings is 1. The third-order valence-electron chi connectivity index (χ3n) is 5.90. The van der Waals surface area contributed by atoms with Gasteiger partial charge in [0.15, 0.2) is 4.90 Å². The van der Waals surface area contributed by atoms with Crippen LogP contribution in [0.15, 0.2) is 59.6 Å². The molecule has 0 spiro atoms. The van der Waals surface area contributed by atoms with Crippen LogP contribution < -0.4 is 15.0 Å². The Bertz CT molecular complexity index is 1270. The number of nitrogens with zero attached hydrogens (tertiary/aromatic N) is 2. The van der Waals surface area contributed by atoms with Crippen molar-refractivity contribution in [2.75, 3.05) is 38.2 Å². The van der Waals surface area contributed by atoms with Crippen molar-refractivity contribution in [3.63, 3.8) is 0 Å². The molecule has 0 aliphatic carbocycles. The molecule has 0 bridgehead atoms. The van der Waals surface area contributed by atoms with Gasteiger partial charge in [0, 0.05) is 54.5 Å². The quantitative estimate of drug-likeness (QED) is 0.486. The van der Waals surface area contributed by atoms with Crippen molar-refractivity contribution in [1.82, 2.24) is 9.29 Å². The highest BCUT2D eigenvalue weighted by molar-refractivity contribution is 7.90. The normalized spacial score (nSPS) is 15.5. The molecule has 2 heterocycles. The monoisotopic (exact) mass is 437 g/mol. The van der Waals surface area contributed by atoms with E-state index < -0.39 is 11.4 Å². The highest BCUT2D eigenvalue weighted by Gasteiger charge is 2.27. The number of ether oxygens (including phenoxy) is 1. The lowest BCUT2D eigenvalue weighted by Crippen LogP contribution is -2.43. The predicted octanol–water partition coefficient (Wildman–Crippen LogP) is 4.23. The molecule has 1 unspecified atom stereocenters. The van der Waals surface area contributed by atoms with E-state index in [9.17, 15) is 8.94 Å². The number of hydrogen-bond donors (Lipinski definition) is 1. The number of rotatable bonds is 4. The third-order valence-corrected chi connectivity index (χ3v) is 7.27. The molecule has 5 rings (SSSR count). The molecule has 7 heteroatoms. The van der Waals surface area contributed by atoms with E-state index >= 15 is 0 Å². The first-order chi connectivity index (χ1) is 15.1. The minimum absolute atomic E-state index is 0.343. The molecule has 160 valence electrons. The molecule has 0 saturated carbocycles. The van der Waals surface area contributed by atoms with E-state index in [1.807, 2.05) is 43.5 Å². The Morgan fingerprint density at radius 2 is 1.77 bits per heavy atom. The van der Waals surface area contributed by atoms with Gasteiger partial charge < -0.3 is 19.5 Å². The van der Waals surface area contributed by atoms with E-state index in [1.165, 1.54) is 12.1 Å². The summed E-state index contributed by atoms with van der Waals surface area (Å²) in [6.07, 6.45) is 1.84. The number of fused-ring (bicyclic) bond motifs is 2. The molecule has 31 heavy (non-hydrogen) atoms. The fourth-order valence-electron chi connectivity index (χ4n) is 4.38. The van der Waals surface area contributed by atoms with Crippen LogP contribution in [0, 0.1) is 12.7 Å². The lowest BCUT2D eigenvalue weighted by molar-refractivity contribution is 0.417. The molecule has 1 atom stereocenters. The lowest BCUT2D eigenvalue weighted by atomic mass is 10.1. The highest BCUT2D eigenvalue weighted by Crippen LogP contribution is 2.41. The fourth-order valence-corrected chi connectivity index (χ4v) is 5.75. The van der Waals surface area contributed by atoms with Crippen LogP contribution in [0.1, 0.15) is 5.56 Å². The van der Waals surface area contributed by atoms with Gasteiger partial charge in [0.1, 0.15) is 28.4 Å². The Morgan fingerprint density at radius 3 is 2.52 bits per heavy atom. The molecule has 1 aliphatic rings. The Balaban J connectivity index is 1.74. The van der Waals surface area contributed by atoms with Crippen molar-refractivity contribution in [2.45, 2.75) is 11.8 Å². The van der Waals surface area contributed by atoms with E-state index in [1.54, 1.807) is 17.1 Å². The van der Waals surface area contributed by atoms with Crippen LogP contribution in [0.2, 0.25) is 0 Å². The van der Waals surface area contributed by atoms with Gasteiger partial charge in [-0.2, -0.15) is 3.97 Å². The first-order valence-electron chi connectivity index (χ1n) is 10.3. The molecule has 1 fully saturated rings. The summed E-state index contributed by atoms with van der Waals surface area (Å²) in [5.41, 5.74) is 2.52. The molecule has 5 nitrogen and oxygen atoms in total. The molecule has 1 saturated heterocycles. The SMILES string of the molecule is COc1c(N2CCNCC2)cc([S+]([O-])n2cc(C)c3ccc(F)cc32)c2ccccc12. The molecule has 4 aromatic rings. The first-order valence-corrected chi connectivity index (χ1v) is 11.4. The molecule has 1 aliphatic heterocycles. The first kappa shape index (κ1) is 20.2. The Hall–Kier alpha value is -2.74. The summed E-state index contributed by atoms with van der Waals surface area (Å²) in [7, 11) is 1.68. The molecule has 1 aromatic heterocycles. The van der Waals surface area contributed by atoms with Crippen molar-refractivity contribution >= 4 is 38.7 Å². The van der Waals surface area contributed by atoms with Gasteiger partial charge in [0.05, 0.1) is 19.0 Å². The Labute approximate surface area is 183 Å². The summed E-state index contributed by atoms with van der Waals surface area (Å²) in [6, 6.07) is 14.5. The van der Waals surface area contributed by atoms with Crippen LogP contribution in [0.5, 0.6) is 5.75 Å². The smallest absolute Gasteiger partial charge is 0.190 e. The minimum atomic E-state index is -1.56. The molecule has 1 N–H and O–H groups in total. The van der Waals surface area contributed by atoms with Crippen molar-refractivity contribution in [2.24, 2.45) is 0 Å². The highest BCUT2D eigenvalue weighted by atomic mass is 32.2. The number of aryl methyl sites for hydroxylation is 1. The van der Waals surface area contributed by atoms with Gasteiger partial charge in [-0.25, -0.2) is 4.39 Å². The Kier molecular flexibility index (Phi) is 5.25. The summed E-state index contributed by atoms with van der Waals surface area (Å²) >= 11 is -1.56. The fraction of sp³-hybridized carbons (Fsp3) is 0.250. The second kappa shape index (κ2) is 8.07. The van der Waals surface area contributed by atoms with E-state index in [0.29, 0.717) is 10.4 Å². The van der Waals surface area contributed by atoms with Gasteiger partial charge >= 0.3 is 0 Å². The van der Waals surface area contributed by atoms with Crippen molar-refractivity contribution in [3.05, 3.63) is 66.1 Å². The Morgan fingerprint density at radius 1 is 1.03 bits per heavy atom. The van der Waals surface area contributed by atoms with Gasteiger partial charge in [-0.15, -0.1) is 0 Å². The van der Waals surface area contributed by atoms with Crippen molar-refractivity contribution in [1.29, 1.82) is 0 Å². The van der Waals surface area contributed by atoms with Crippen LogP contribution in [-0.4, -0.2) is 41.8 Å². The second-order valence-corrected chi connectivity index (χ2v) is 9.09. The average molecular weight is 438 g/mol. The number of methoxy groups -OCH3 is 1. The van der Waals surface area contributed by atoms with Crippen LogP contribution >= 0.6 is 0 Å². The van der Waals surface area contributed by atoms with Gasteiger partial charge in [0.25, 0.3) is 0 Å². The van der Waals surface area contributed by atoms with Crippen LogP contribution in [0.3, 0.4) is 0 Å². The van der Waals surface area contributed by atoms with Crippen LogP contribution in [-0.2, 0) is 11.4 Å². The number of benzene rings is 3. The molecular formula is C24H24FN3O2S. The maximum Gasteiger partial charge on any atom is 0.190 e. The number of anilines is 1. The zero-order valence-electron chi connectivity index (χ0n) is 17.5. The third kappa shape index (κ3) is 3.43. The van der Waals surface area contributed by atoms with E-state index in [4.69, 9.17) is 4.74 Å². The van der Waals surface area contributed by atoms with Crippen molar-refractivity contribution < 1.29 is 13.7 Å². The topological polar surface area (TPSA) is 52.5 Å². The molecule has 0 amide bonds. The maximum atomic E-state index is 14.0. The van der Waals surface area contributed by atoms with E-state index in [-0.39, 0.29) is 5.82 Å². The van der Waals surface area contributed by atoms with Gasteiger partial charge in [-0.1, -0.05) is 18.2 Å².